The van der Waals surface area contributed by atoms with E-state index in [1.807, 2.05) is 5.32 Å². The van der Waals surface area contributed by atoms with E-state index in [4.69, 9.17) is 0 Å². The number of halogens is 3. The van der Waals surface area contributed by atoms with Crippen LogP contribution in [0.2, 0.25) is 0 Å². The van der Waals surface area contributed by atoms with Gasteiger partial charge in [-0.15, -0.1) is 5.10 Å². The highest BCUT2D eigenvalue weighted by atomic mass is 19.4. The van der Waals surface area contributed by atoms with Gasteiger partial charge in [0.15, 0.2) is 5.65 Å². The lowest BCUT2D eigenvalue weighted by Gasteiger charge is -2.17. The summed E-state index contributed by atoms with van der Waals surface area (Å²) in [7, 11) is 0. The lowest BCUT2D eigenvalue weighted by Crippen LogP contribution is -2.43. The maximum absolute atomic E-state index is 12.7. The fourth-order valence-electron chi connectivity index (χ4n) is 3.12. The Labute approximate surface area is 186 Å². The van der Waals surface area contributed by atoms with Crippen molar-refractivity contribution in [2.75, 3.05) is 5.32 Å². The maximum atomic E-state index is 12.7. The van der Waals surface area contributed by atoms with Crippen molar-refractivity contribution in [2.45, 2.75) is 19.1 Å². The molecule has 0 saturated carbocycles. The summed E-state index contributed by atoms with van der Waals surface area (Å²) in [6.07, 6.45) is -2.83. The molecule has 0 bridgehead atoms. The third-order valence-electron chi connectivity index (χ3n) is 4.92. The number of hydrogen-bond acceptors (Lipinski definition) is 5. The molecule has 4 aromatic rings. The minimum atomic E-state index is -4.52. The molecule has 7 nitrogen and oxygen atoms in total. The summed E-state index contributed by atoms with van der Waals surface area (Å²) in [6, 6.07) is 16.9. The van der Waals surface area contributed by atoms with Crippen molar-refractivity contribution in [1.82, 2.24) is 19.9 Å². The average molecular weight is 450 g/mol. The Morgan fingerprint density at radius 1 is 1.09 bits per heavy atom. The van der Waals surface area contributed by atoms with E-state index in [0.29, 0.717) is 34.0 Å². The van der Waals surface area contributed by atoms with E-state index >= 15 is 0 Å². The van der Waals surface area contributed by atoms with Crippen molar-refractivity contribution in [3.05, 3.63) is 78.0 Å². The molecule has 0 unspecified atom stereocenters. The number of aromatic nitrogens is 3. The highest BCUT2D eigenvalue weighted by Gasteiger charge is 2.37. The van der Waals surface area contributed by atoms with Crippen LogP contribution in [-0.4, -0.2) is 32.7 Å². The molecule has 2 N–H and O–H groups in total. The minimum Gasteiger partial charge on any atom is -0.341 e. The summed E-state index contributed by atoms with van der Waals surface area (Å²) in [5.74, 6) is -0.518. The number of fused-ring (bicyclic) bond motifs is 1. The number of amides is 1. The van der Waals surface area contributed by atoms with Gasteiger partial charge in [0.05, 0.1) is 11.3 Å². The van der Waals surface area contributed by atoms with Gasteiger partial charge >= 0.3 is 6.18 Å². The number of nitriles is 1. The first kappa shape index (κ1) is 21.8. The summed E-state index contributed by atoms with van der Waals surface area (Å²) in [5.41, 5.74) is 3.00. The number of para-hydroxylation sites is 1. The number of nitrogens with one attached hydrogen (secondary N) is 2. The second-order valence-electron chi connectivity index (χ2n) is 7.26. The molecule has 2 heterocycles. The van der Waals surface area contributed by atoms with Crippen LogP contribution in [0.1, 0.15) is 22.8 Å². The first-order valence-electron chi connectivity index (χ1n) is 9.85. The van der Waals surface area contributed by atoms with Gasteiger partial charge in [-0.25, -0.2) is 4.52 Å². The average Bonchev–Trinajstić information content (AvgIpc) is 3.20. The van der Waals surface area contributed by atoms with E-state index < -0.39 is 18.1 Å². The lowest BCUT2D eigenvalue weighted by atomic mass is 10.0. The van der Waals surface area contributed by atoms with Gasteiger partial charge in [0.25, 0.3) is 5.91 Å². The van der Waals surface area contributed by atoms with E-state index in [9.17, 15) is 23.2 Å². The van der Waals surface area contributed by atoms with Gasteiger partial charge in [0, 0.05) is 17.3 Å². The molecule has 33 heavy (non-hydrogen) atoms. The van der Waals surface area contributed by atoms with Crippen molar-refractivity contribution < 1.29 is 18.0 Å². The SMILES string of the molecule is C[C@@H](NC(=O)c1cccc(-c2ccc3nc(Nc4ccccc4C#N)nn3c2)c1)C(F)(F)F. The standard InChI is InChI=1S/C23H17F3N6O/c1-14(23(24,25)26)28-21(33)16-7-4-6-15(11-16)18-9-10-20-30-22(31-32(20)13-18)29-19-8-3-2-5-17(19)12-27/h2-11,13-14H,1H3,(H,28,33)(H,29,31)/t14-/m1/s1. The Hall–Kier alpha value is -4.39. The van der Waals surface area contributed by atoms with Crippen LogP contribution in [0.25, 0.3) is 16.8 Å². The molecule has 2 aromatic heterocycles. The number of carbonyl (C=O) groups excluding carboxylic acids is 1. The van der Waals surface area contributed by atoms with Crippen molar-refractivity contribution in [3.8, 4) is 17.2 Å². The molecule has 1 atom stereocenters. The molecule has 2 aromatic carbocycles. The van der Waals surface area contributed by atoms with Gasteiger partial charge in [0.2, 0.25) is 5.95 Å². The smallest absolute Gasteiger partial charge is 0.341 e. The Morgan fingerprint density at radius 3 is 2.64 bits per heavy atom. The highest BCUT2D eigenvalue weighted by molar-refractivity contribution is 5.95. The number of rotatable bonds is 5. The molecule has 4 rings (SSSR count). The van der Waals surface area contributed by atoms with Crippen LogP contribution >= 0.6 is 0 Å². The lowest BCUT2D eigenvalue weighted by molar-refractivity contribution is -0.149. The van der Waals surface area contributed by atoms with Crippen LogP contribution < -0.4 is 10.6 Å². The molecule has 1 amide bonds. The zero-order chi connectivity index (χ0) is 23.6. The van der Waals surface area contributed by atoms with Crippen LogP contribution in [0.3, 0.4) is 0 Å². The molecule has 0 aliphatic heterocycles. The first-order chi connectivity index (χ1) is 15.7. The van der Waals surface area contributed by atoms with Gasteiger partial charge in [-0.3, -0.25) is 4.79 Å². The van der Waals surface area contributed by atoms with E-state index in [-0.39, 0.29) is 5.56 Å². The Bertz CT molecular complexity index is 1370. The van der Waals surface area contributed by atoms with Gasteiger partial charge < -0.3 is 10.6 Å². The van der Waals surface area contributed by atoms with Gasteiger partial charge in [-0.05, 0) is 48.9 Å². The molecule has 0 fully saturated rings. The van der Waals surface area contributed by atoms with E-state index in [1.165, 1.54) is 16.6 Å². The molecule has 166 valence electrons. The normalized spacial score (nSPS) is 12.2. The summed E-state index contributed by atoms with van der Waals surface area (Å²) in [4.78, 5) is 16.6. The van der Waals surface area contributed by atoms with E-state index in [2.05, 4.69) is 21.5 Å². The zero-order valence-corrected chi connectivity index (χ0v) is 17.3. The topological polar surface area (TPSA) is 95.1 Å². The predicted octanol–water partition coefficient (Wildman–Crippen LogP) is 4.69. The minimum absolute atomic E-state index is 0.109. The molecule has 0 aliphatic carbocycles. The van der Waals surface area contributed by atoms with Gasteiger partial charge in [-0.2, -0.15) is 23.4 Å². The fraction of sp³-hybridized carbons (Fsp3) is 0.130. The molecular formula is C23H17F3N6O. The number of anilines is 2. The number of nitrogens with zero attached hydrogens (tertiary/aromatic N) is 4. The molecule has 0 spiro atoms. The Kier molecular flexibility index (Phi) is 5.70. The second-order valence-corrected chi connectivity index (χ2v) is 7.26. The molecule has 0 saturated heterocycles. The number of hydrogen-bond donors (Lipinski definition) is 2. The third-order valence-corrected chi connectivity index (χ3v) is 4.92. The Balaban J connectivity index is 1.59. The number of benzene rings is 2. The number of alkyl halides is 3. The largest absolute Gasteiger partial charge is 0.408 e. The highest BCUT2D eigenvalue weighted by Crippen LogP contribution is 2.24. The maximum Gasteiger partial charge on any atom is 0.408 e. The number of carbonyl (C=O) groups is 1. The van der Waals surface area contributed by atoms with Gasteiger partial charge in [-0.1, -0.05) is 24.3 Å². The Morgan fingerprint density at radius 2 is 1.88 bits per heavy atom. The van der Waals surface area contributed by atoms with Crippen LogP contribution in [-0.2, 0) is 0 Å². The van der Waals surface area contributed by atoms with Crippen LogP contribution in [0.4, 0.5) is 24.8 Å². The second kappa shape index (κ2) is 8.63. The molecule has 10 heteroatoms. The summed E-state index contributed by atoms with van der Waals surface area (Å²) >= 11 is 0. The van der Waals surface area contributed by atoms with E-state index in [1.54, 1.807) is 54.7 Å². The molecular weight excluding hydrogens is 433 g/mol. The van der Waals surface area contributed by atoms with Crippen LogP contribution in [0, 0.1) is 11.3 Å². The summed E-state index contributed by atoms with van der Waals surface area (Å²) in [6.45, 7) is 0.890. The van der Waals surface area contributed by atoms with E-state index in [0.717, 1.165) is 6.92 Å². The van der Waals surface area contributed by atoms with Crippen LogP contribution in [0.15, 0.2) is 66.9 Å². The third kappa shape index (κ3) is 4.77. The summed E-state index contributed by atoms with van der Waals surface area (Å²) < 4.78 is 39.8. The first-order valence-corrected chi connectivity index (χ1v) is 9.85. The predicted molar refractivity (Wildman–Crippen MR) is 116 cm³/mol. The van der Waals surface area contributed by atoms with Gasteiger partial charge in [0.1, 0.15) is 12.1 Å². The van der Waals surface area contributed by atoms with Crippen molar-refractivity contribution in [2.24, 2.45) is 0 Å². The van der Waals surface area contributed by atoms with Crippen LogP contribution in [0.5, 0.6) is 0 Å². The zero-order valence-electron chi connectivity index (χ0n) is 17.3. The van der Waals surface area contributed by atoms with Crippen molar-refractivity contribution in [3.63, 3.8) is 0 Å². The van der Waals surface area contributed by atoms with Crippen molar-refractivity contribution >= 4 is 23.2 Å². The van der Waals surface area contributed by atoms with Crippen molar-refractivity contribution in [1.29, 1.82) is 5.26 Å². The quantitative estimate of drug-likeness (QED) is 0.460. The molecule has 0 radical (unpaired) electrons. The molecule has 0 aliphatic rings. The monoisotopic (exact) mass is 450 g/mol. The summed E-state index contributed by atoms with van der Waals surface area (Å²) in [5, 5.41) is 18.6. The number of pyridine rings is 1. The fourth-order valence-corrected chi connectivity index (χ4v) is 3.12.